The second-order valence-corrected chi connectivity index (χ2v) is 5.18. The number of hydrogen-bond acceptors (Lipinski definition) is 4. The molecule has 116 valence electrons. The van der Waals surface area contributed by atoms with Gasteiger partial charge in [0.15, 0.2) is 5.75 Å². The molecule has 0 unspecified atom stereocenters. The molecular weight excluding hydrogens is 280 g/mol. The van der Waals surface area contributed by atoms with Gasteiger partial charge >= 0.3 is 5.97 Å². The Hall–Kier alpha value is -2.56. The summed E-state index contributed by atoms with van der Waals surface area (Å²) in [7, 11) is 0. The summed E-state index contributed by atoms with van der Waals surface area (Å²) >= 11 is 0. The number of aryl methyl sites for hydroxylation is 1. The second-order valence-electron chi connectivity index (χ2n) is 5.18. The molecule has 0 saturated heterocycles. The van der Waals surface area contributed by atoms with E-state index in [-0.39, 0.29) is 25.0 Å². The predicted molar refractivity (Wildman–Crippen MR) is 86.0 cm³/mol. The number of esters is 1. The molecule has 0 atom stereocenters. The third-order valence-corrected chi connectivity index (χ3v) is 3.38. The monoisotopic (exact) mass is 300 g/mol. The fourth-order valence-electron chi connectivity index (χ4n) is 2.35. The van der Waals surface area contributed by atoms with Crippen LogP contribution in [0, 0.1) is 6.92 Å². The summed E-state index contributed by atoms with van der Waals surface area (Å²) in [6, 6.07) is 5.60. The first-order chi connectivity index (χ1) is 10.5. The van der Waals surface area contributed by atoms with Crippen molar-refractivity contribution >= 4 is 17.6 Å². The molecule has 5 heteroatoms. The molecule has 5 nitrogen and oxygen atoms in total. The molecule has 1 aliphatic heterocycles. The molecule has 1 aromatic carbocycles. The van der Waals surface area contributed by atoms with Gasteiger partial charge in [0.05, 0.1) is 12.2 Å². The van der Waals surface area contributed by atoms with E-state index in [9.17, 15) is 9.59 Å². The van der Waals surface area contributed by atoms with Gasteiger partial charge in [-0.2, -0.15) is 0 Å². The van der Waals surface area contributed by atoms with E-state index < -0.39 is 0 Å². The zero-order valence-corrected chi connectivity index (χ0v) is 12.7. The quantitative estimate of drug-likeness (QED) is 0.457. The Morgan fingerprint density at radius 2 is 2.05 bits per heavy atom. The topological polar surface area (TPSA) is 49.9 Å². The smallest absolute Gasteiger partial charge is 0.331 e. The van der Waals surface area contributed by atoms with Crippen LogP contribution in [0.3, 0.4) is 0 Å². The summed E-state index contributed by atoms with van der Waals surface area (Å²) < 4.78 is 5.24. The average molecular weight is 300 g/mol. The predicted octanol–water partition coefficient (Wildman–Crippen LogP) is 1.92. The van der Waals surface area contributed by atoms with Crippen LogP contribution in [0.25, 0.3) is 0 Å². The van der Waals surface area contributed by atoms with Crippen LogP contribution in [-0.4, -0.2) is 43.0 Å². The molecule has 1 aliphatic rings. The standard InChI is InChI=1S/C17H20N2O3/c1-4-8-18(9-5-2)16(20)11-19-12-17(21)22-15-10-13(3)6-7-14(15)19/h4-7,10H,1-2,8-9,11-12H2,3H3. The fourth-order valence-corrected chi connectivity index (χ4v) is 2.35. The third kappa shape index (κ3) is 3.55. The van der Waals surface area contributed by atoms with E-state index in [0.29, 0.717) is 18.8 Å². The van der Waals surface area contributed by atoms with Gasteiger partial charge in [-0.05, 0) is 24.6 Å². The minimum Gasteiger partial charge on any atom is -0.423 e. The van der Waals surface area contributed by atoms with Gasteiger partial charge in [-0.3, -0.25) is 4.79 Å². The zero-order valence-electron chi connectivity index (χ0n) is 12.7. The summed E-state index contributed by atoms with van der Waals surface area (Å²) in [5.41, 5.74) is 1.76. The minimum atomic E-state index is -0.357. The molecule has 2 rings (SSSR count). The number of benzene rings is 1. The first-order valence-corrected chi connectivity index (χ1v) is 7.11. The Bertz CT molecular complexity index is 600. The molecule has 0 N–H and O–H groups in total. The summed E-state index contributed by atoms with van der Waals surface area (Å²) in [5.74, 6) is 0.0638. The first kappa shape index (κ1) is 15.8. The van der Waals surface area contributed by atoms with Crippen LogP contribution in [-0.2, 0) is 9.59 Å². The number of carbonyl (C=O) groups is 2. The first-order valence-electron chi connectivity index (χ1n) is 7.11. The molecule has 0 spiro atoms. The van der Waals surface area contributed by atoms with Crippen LogP contribution in [0.5, 0.6) is 5.75 Å². The van der Waals surface area contributed by atoms with Gasteiger partial charge in [-0.1, -0.05) is 18.2 Å². The molecular formula is C17H20N2O3. The van der Waals surface area contributed by atoms with Gasteiger partial charge in [0, 0.05) is 13.1 Å². The van der Waals surface area contributed by atoms with Crippen LogP contribution in [0.1, 0.15) is 5.56 Å². The minimum absolute atomic E-state index is 0.0673. The van der Waals surface area contributed by atoms with Crippen molar-refractivity contribution in [3.8, 4) is 5.75 Å². The van der Waals surface area contributed by atoms with E-state index in [1.807, 2.05) is 19.1 Å². The molecule has 0 fully saturated rings. The summed E-state index contributed by atoms with van der Waals surface area (Å²) in [4.78, 5) is 27.5. The number of ether oxygens (including phenoxy) is 1. The molecule has 0 aliphatic carbocycles. The largest absolute Gasteiger partial charge is 0.423 e. The molecule has 1 aromatic rings. The maximum absolute atomic E-state index is 12.4. The zero-order chi connectivity index (χ0) is 16.1. The Morgan fingerprint density at radius 1 is 1.36 bits per heavy atom. The van der Waals surface area contributed by atoms with Gasteiger partial charge < -0.3 is 14.5 Å². The van der Waals surface area contributed by atoms with Crippen molar-refractivity contribution in [2.45, 2.75) is 6.92 Å². The van der Waals surface area contributed by atoms with Crippen LogP contribution in [0.4, 0.5) is 5.69 Å². The maximum Gasteiger partial charge on any atom is 0.331 e. The summed E-state index contributed by atoms with van der Waals surface area (Å²) in [5, 5.41) is 0. The highest BCUT2D eigenvalue weighted by atomic mass is 16.5. The molecule has 1 heterocycles. The lowest BCUT2D eigenvalue weighted by Crippen LogP contribution is -2.45. The van der Waals surface area contributed by atoms with E-state index in [2.05, 4.69) is 13.2 Å². The van der Waals surface area contributed by atoms with E-state index in [1.54, 1.807) is 28.0 Å². The number of carbonyl (C=O) groups excluding carboxylic acids is 2. The third-order valence-electron chi connectivity index (χ3n) is 3.38. The average Bonchev–Trinajstić information content (AvgIpc) is 2.46. The van der Waals surface area contributed by atoms with Crippen LogP contribution in [0.15, 0.2) is 43.5 Å². The van der Waals surface area contributed by atoms with Crippen molar-refractivity contribution < 1.29 is 14.3 Å². The fraction of sp³-hybridized carbons (Fsp3) is 0.294. The Balaban J connectivity index is 2.19. The van der Waals surface area contributed by atoms with Gasteiger partial charge in [0.1, 0.15) is 6.54 Å². The number of amides is 1. The van der Waals surface area contributed by atoms with Crippen molar-refractivity contribution in [3.05, 3.63) is 49.1 Å². The molecule has 1 amide bonds. The number of fused-ring (bicyclic) bond motifs is 1. The molecule has 0 saturated carbocycles. The van der Waals surface area contributed by atoms with Crippen LogP contribution in [0.2, 0.25) is 0 Å². The van der Waals surface area contributed by atoms with E-state index in [1.165, 1.54) is 0 Å². The van der Waals surface area contributed by atoms with Gasteiger partial charge in [-0.15, -0.1) is 13.2 Å². The Kier molecular flexibility index (Phi) is 4.99. The highest BCUT2D eigenvalue weighted by Gasteiger charge is 2.26. The highest BCUT2D eigenvalue weighted by Crippen LogP contribution is 2.32. The molecule has 0 bridgehead atoms. The number of rotatable bonds is 6. The maximum atomic E-state index is 12.4. The number of hydrogen-bond donors (Lipinski definition) is 0. The van der Waals surface area contributed by atoms with E-state index in [0.717, 1.165) is 11.3 Å². The van der Waals surface area contributed by atoms with Crippen molar-refractivity contribution in [1.29, 1.82) is 0 Å². The second kappa shape index (κ2) is 6.93. The SMILES string of the molecule is C=CCN(CC=C)C(=O)CN1CC(=O)Oc2cc(C)ccc21. The van der Waals surface area contributed by atoms with Crippen molar-refractivity contribution in [3.63, 3.8) is 0 Å². The van der Waals surface area contributed by atoms with Crippen LogP contribution >= 0.6 is 0 Å². The van der Waals surface area contributed by atoms with Gasteiger partial charge in [-0.25, -0.2) is 4.79 Å². The highest BCUT2D eigenvalue weighted by molar-refractivity contribution is 5.89. The number of nitrogens with zero attached hydrogens (tertiary/aromatic N) is 2. The number of anilines is 1. The normalized spacial score (nSPS) is 13.1. The lowest BCUT2D eigenvalue weighted by molar-refractivity contribution is -0.133. The molecule has 0 aromatic heterocycles. The van der Waals surface area contributed by atoms with Gasteiger partial charge in [0.25, 0.3) is 0 Å². The van der Waals surface area contributed by atoms with E-state index in [4.69, 9.17) is 4.74 Å². The van der Waals surface area contributed by atoms with Crippen LogP contribution < -0.4 is 9.64 Å². The lowest BCUT2D eigenvalue weighted by atomic mass is 10.1. The lowest BCUT2D eigenvalue weighted by Gasteiger charge is -2.31. The van der Waals surface area contributed by atoms with Crippen molar-refractivity contribution in [2.24, 2.45) is 0 Å². The van der Waals surface area contributed by atoms with Crippen molar-refractivity contribution in [1.82, 2.24) is 4.90 Å². The summed E-state index contributed by atoms with van der Waals surface area (Å²) in [6.07, 6.45) is 3.34. The van der Waals surface area contributed by atoms with Gasteiger partial charge in [0.2, 0.25) is 5.91 Å². The Labute approximate surface area is 130 Å². The molecule has 22 heavy (non-hydrogen) atoms. The van der Waals surface area contributed by atoms with E-state index >= 15 is 0 Å². The molecule has 0 radical (unpaired) electrons. The van der Waals surface area contributed by atoms with Crippen molar-refractivity contribution in [2.75, 3.05) is 31.1 Å². The summed E-state index contributed by atoms with van der Waals surface area (Å²) in [6.45, 7) is 10.3. The Morgan fingerprint density at radius 3 is 2.68 bits per heavy atom.